The zero-order chi connectivity index (χ0) is 15.6. The van der Waals surface area contributed by atoms with Gasteiger partial charge >= 0.3 is 5.97 Å². The van der Waals surface area contributed by atoms with Crippen LogP contribution in [0.15, 0.2) is 0 Å². The lowest BCUT2D eigenvalue weighted by Crippen LogP contribution is -2.20. The van der Waals surface area contributed by atoms with Crippen LogP contribution in [0.3, 0.4) is 0 Å². The lowest BCUT2D eigenvalue weighted by molar-refractivity contribution is -0.279. The van der Waals surface area contributed by atoms with Gasteiger partial charge in [0.1, 0.15) is 6.10 Å². The van der Waals surface area contributed by atoms with Gasteiger partial charge in [0.15, 0.2) is 0 Å². The molecule has 21 heavy (non-hydrogen) atoms. The Balaban J connectivity index is 2.15. The first-order chi connectivity index (χ1) is 9.93. The number of hydrogen-bond acceptors (Lipinski definition) is 3. The summed E-state index contributed by atoms with van der Waals surface area (Å²) in [5, 5.41) is 0. The van der Waals surface area contributed by atoms with Gasteiger partial charge in [-0.1, -0.05) is 19.3 Å². The Morgan fingerprint density at radius 3 is 1.81 bits per heavy atom. The first-order valence-corrected chi connectivity index (χ1v) is 7.88. The molecule has 0 amide bonds. The smallest absolute Gasteiger partial charge is 0.293 e. The van der Waals surface area contributed by atoms with Crippen LogP contribution in [0.2, 0.25) is 0 Å². The van der Waals surface area contributed by atoms with Crippen LogP contribution in [0.25, 0.3) is 0 Å². The summed E-state index contributed by atoms with van der Waals surface area (Å²) >= 11 is 0. The van der Waals surface area contributed by atoms with Gasteiger partial charge in [-0.3, -0.25) is 4.89 Å². The normalized spacial score (nSPS) is 16.0. The highest BCUT2D eigenvalue weighted by Gasteiger charge is 2.22. The third-order valence-electron chi connectivity index (χ3n) is 5.02. The van der Waals surface area contributed by atoms with E-state index in [0.717, 1.165) is 47.9 Å². The molecular weight excluding hydrogens is 264 g/mol. The molecule has 0 saturated heterocycles. The number of hydrogen-bond donors (Lipinski definition) is 0. The molecule has 0 spiro atoms. The predicted molar refractivity (Wildman–Crippen MR) is 83.5 cm³/mol. The van der Waals surface area contributed by atoms with Crippen molar-refractivity contribution in [3.63, 3.8) is 0 Å². The van der Waals surface area contributed by atoms with Gasteiger partial charge in [-0.25, -0.2) is 4.79 Å². The molecule has 116 valence electrons. The molecule has 2 rings (SSSR count). The van der Waals surface area contributed by atoms with Crippen LogP contribution in [-0.2, 0) is 9.78 Å². The van der Waals surface area contributed by atoms with Gasteiger partial charge in [-0.15, -0.1) is 0 Å². The summed E-state index contributed by atoms with van der Waals surface area (Å²) in [7, 11) is 0. The van der Waals surface area contributed by atoms with Crippen molar-refractivity contribution in [2.75, 3.05) is 0 Å². The maximum Gasteiger partial charge on any atom is 0.373 e. The molecule has 1 aromatic rings. The molecule has 1 aromatic carbocycles. The van der Waals surface area contributed by atoms with Crippen molar-refractivity contribution in [3.8, 4) is 0 Å². The average Bonchev–Trinajstić information content (AvgIpc) is 2.50. The van der Waals surface area contributed by atoms with Crippen molar-refractivity contribution >= 4 is 5.97 Å². The van der Waals surface area contributed by atoms with Gasteiger partial charge in [0.05, 0.1) is 5.56 Å². The standard InChI is InChI=1S/C18H26O3/c1-11-12(2)14(4)17(15(5)13(11)3)18(19)21-20-16-9-7-6-8-10-16/h16H,6-10H2,1-5H3. The van der Waals surface area contributed by atoms with Gasteiger partial charge in [-0.05, 0) is 75.3 Å². The number of rotatable bonds is 3. The fourth-order valence-electron chi connectivity index (χ4n) is 3.12. The van der Waals surface area contributed by atoms with Crippen LogP contribution < -0.4 is 0 Å². The Kier molecular flexibility index (Phi) is 5.04. The molecule has 1 aliphatic rings. The molecule has 0 aromatic heterocycles. The fourth-order valence-corrected chi connectivity index (χ4v) is 3.12. The van der Waals surface area contributed by atoms with Crippen LogP contribution >= 0.6 is 0 Å². The predicted octanol–water partition coefficient (Wildman–Crippen LogP) is 4.65. The topological polar surface area (TPSA) is 35.5 Å². The summed E-state index contributed by atoms with van der Waals surface area (Å²) in [5.41, 5.74) is 6.20. The van der Waals surface area contributed by atoms with Crippen molar-refractivity contribution in [2.24, 2.45) is 0 Å². The molecular formula is C18H26O3. The van der Waals surface area contributed by atoms with E-state index in [-0.39, 0.29) is 12.1 Å². The van der Waals surface area contributed by atoms with E-state index in [1.54, 1.807) is 0 Å². The van der Waals surface area contributed by atoms with E-state index in [1.807, 2.05) is 13.8 Å². The minimum absolute atomic E-state index is 0.0657. The number of benzene rings is 1. The Morgan fingerprint density at radius 1 is 0.810 bits per heavy atom. The maximum atomic E-state index is 12.4. The molecule has 1 saturated carbocycles. The zero-order valence-electron chi connectivity index (χ0n) is 13.8. The Hall–Kier alpha value is -1.35. The second-order valence-corrected chi connectivity index (χ2v) is 6.23. The number of carbonyl (C=O) groups excluding carboxylic acids is 1. The summed E-state index contributed by atoms with van der Waals surface area (Å²) in [6, 6.07) is 0. The highest BCUT2D eigenvalue weighted by molar-refractivity contribution is 5.93. The van der Waals surface area contributed by atoms with E-state index >= 15 is 0 Å². The zero-order valence-corrected chi connectivity index (χ0v) is 13.8. The van der Waals surface area contributed by atoms with E-state index in [9.17, 15) is 4.79 Å². The molecule has 0 N–H and O–H groups in total. The summed E-state index contributed by atoms with van der Waals surface area (Å²) < 4.78 is 0. The van der Waals surface area contributed by atoms with Gasteiger partial charge in [-0.2, -0.15) is 4.89 Å². The molecule has 3 nitrogen and oxygen atoms in total. The Morgan fingerprint density at radius 2 is 1.29 bits per heavy atom. The lowest BCUT2D eigenvalue weighted by atomic mass is 9.90. The largest absolute Gasteiger partial charge is 0.373 e. The van der Waals surface area contributed by atoms with Crippen molar-refractivity contribution in [1.82, 2.24) is 0 Å². The van der Waals surface area contributed by atoms with E-state index < -0.39 is 0 Å². The molecule has 0 unspecified atom stereocenters. The minimum Gasteiger partial charge on any atom is -0.293 e. The molecule has 0 heterocycles. The number of carbonyl (C=O) groups is 1. The third-order valence-corrected chi connectivity index (χ3v) is 5.02. The first kappa shape index (κ1) is 16.0. The minimum atomic E-state index is -0.359. The quantitative estimate of drug-likeness (QED) is 0.600. The molecule has 0 radical (unpaired) electrons. The highest BCUT2D eigenvalue weighted by Crippen LogP contribution is 2.27. The second-order valence-electron chi connectivity index (χ2n) is 6.23. The summed E-state index contributed by atoms with van der Waals surface area (Å²) in [4.78, 5) is 22.9. The van der Waals surface area contributed by atoms with Crippen molar-refractivity contribution in [2.45, 2.75) is 72.8 Å². The second kappa shape index (κ2) is 6.61. The van der Waals surface area contributed by atoms with E-state index in [1.165, 1.54) is 12.0 Å². The van der Waals surface area contributed by atoms with Crippen molar-refractivity contribution in [3.05, 3.63) is 33.4 Å². The van der Waals surface area contributed by atoms with Gasteiger partial charge in [0.2, 0.25) is 0 Å². The van der Waals surface area contributed by atoms with Gasteiger partial charge in [0, 0.05) is 0 Å². The summed E-state index contributed by atoms with van der Waals surface area (Å²) in [6.45, 7) is 10.2. The van der Waals surface area contributed by atoms with Crippen molar-refractivity contribution in [1.29, 1.82) is 0 Å². The van der Waals surface area contributed by atoms with Gasteiger partial charge in [0.25, 0.3) is 0 Å². The molecule has 0 aliphatic heterocycles. The summed E-state index contributed by atoms with van der Waals surface area (Å²) in [5.74, 6) is -0.359. The van der Waals surface area contributed by atoms with E-state index in [4.69, 9.17) is 9.78 Å². The van der Waals surface area contributed by atoms with Crippen LogP contribution in [0, 0.1) is 34.6 Å². The molecule has 1 aliphatic carbocycles. The Bertz CT molecular complexity index is 511. The first-order valence-electron chi connectivity index (χ1n) is 7.88. The Labute approximate surface area is 127 Å². The SMILES string of the molecule is Cc1c(C)c(C)c(C(=O)OOC2CCCCC2)c(C)c1C. The van der Waals surface area contributed by atoms with Crippen LogP contribution in [0.4, 0.5) is 0 Å². The average molecular weight is 290 g/mol. The maximum absolute atomic E-state index is 12.4. The van der Waals surface area contributed by atoms with Crippen LogP contribution in [0.5, 0.6) is 0 Å². The molecule has 0 atom stereocenters. The fraction of sp³-hybridized carbons (Fsp3) is 0.611. The summed E-state index contributed by atoms with van der Waals surface area (Å²) in [6.07, 6.45) is 5.60. The monoisotopic (exact) mass is 290 g/mol. The molecule has 1 fully saturated rings. The van der Waals surface area contributed by atoms with Gasteiger partial charge < -0.3 is 0 Å². The van der Waals surface area contributed by atoms with Crippen molar-refractivity contribution < 1.29 is 14.6 Å². The lowest BCUT2D eigenvalue weighted by Gasteiger charge is -2.21. The highest BCUT2D eigenvalue weighted by atomic mass is 17.2. The van der Waals surface area contributed by atoms with Crippen LogP contribution in [0.1, 0.15) is 70.3 Å². The van der Waals surface area contributed by atoms with E-state index in [2.05, 4.69) is 20.8 Å². The van der Waals surface area contributed by atoms with E-state index in [0.29, 0.717) is 5.56 Å². The molecule has 0 bridgehead atoms. The van der Waals surface area contributed by atoms with Crippen LogP contribution in [-0.4, -0.2) is 12.1 Å². The third kappa shape index (κ3) is 3.29. The molecule has 3 heteroatoms.